The zero-order valence-electron chi connectivity index (χ0n) is 18.5. The number of thiophene rings is 1. The van der Waals surface area contributed by atoms with Crippen molar-refractivity contribution in [3.8, 4) is 0 Å². The Balaban J connectivity index is 1.63. The number of H-pyrrole nitrogens is 1. The molecule has 0 aliphatic carbocycles. The molecular formula is C22H25N5O4S2. The Morgan fingerprint density at radius 3 is 2.70 bits per heavy atom. The molecule has 33 heavy (non-hydrogen) atoms. The summed E-state index contributed by atoms with van der Waals surface area (Å²) >= 11 is 2.80. The number of primary amides is 1. The number of hydrogen-bond acceptors (Lipinski definition) is 7. The number of anilines is 1. The number of carbonyl (C=O) groups excluding carboxylic acids is 3. The Kier molecular flexibility index (Phi) is 7.88. The lowest BCUT2D eigenvalue weighted by molar-refractivity contribution is -0.118. The van der Waals surface area contributed by atoms with Crippen molar-refractivity contribution in [3.63, 3.8) is 0 Å². The van der Waals surface area contributed by atoms with Crippen LogP contribution in [0.4, 0.5) is 5.69 Å². The van der Waals surface area contributed by atoms with Crippen LogP contribution in [0.1, 0.15) is 40.0 Å². The largest absolute Gasteiger partial charge is 0.370 e. The van der Waals surface area contributed by atoms with Gasteiger partial charge in [0, 0.05) is 17.8 Å². The number of rotatable bonds is 9. The minimum absolute atomic E-state index is 0.0282. The lowest BCUT2D eigenvalue weighted by atomic mass is 10.1. The van der Waals surface area contributed by atoms with Crippen molar-refractivity contribution in [2.45, 2.75) is 38.2 Å². The number of fused-ring (bicyclic) bond motifs is 1. The molecule has 3 rings (SSSR count). The van der Waals surface area contributed by atoms with E-state index in [0.717, 1.165) is 10.4 Å². The number of aromatic nitrogens is 2. The molecule has 11 heteroatoms. The Morgan fingerprint density at radius 1 is 1.24 bits per heavy atom. The molecule has 0 saturated heterocycles. The van der Waals surface area contributed by atoms with Crippen LogP contribution in [0, 0.1) is 13.8 Å². The maximum Gasteiger partial charge on any atom is 0.259 e. The molecule has 3 amide bonds. The third-order valence-electron chi connectivity index (χ3n) is 5.01. The zero-order chi connectivity index (χ0) is 24.1. The topological polar surface area (TPSA) is 147 Å². The number of aryl methyl sites for hydroxylation is 2. The normalized spacial score (nSPS) is 11.8. The number of nitrogens with one attached hydrogen (secondary N) is 3. The van der Waals surface area contributed by atoms with Crippen LogP contribution in [-0.2, 0) is 15.3 Å². The molecule has 0 spiro atoms. The van der Waals surface area contributed by atoms with Crippen LogP contribution in [-0.4, -0.2) is 39.5 Å². The third kappa shape index (κ3) is 5.99. The quantitative estimate of drug-likeness (QED) is 0.365. The predicted octanol–water partition coefficient (Wildman–Crippen LogP) is 2.47. The van der Waals surface area contributed by atoms with Crippen LogP contribution in [0.15, 0.2) is 29.1 Å². The fourth-order valence-electron chi connectivity index (χ4n) is 3.07. The fourth-order valence-corrected chi connectivity index (χ4v) is 4.87. The summed E-state index contributed by atoms with van der Waals surface area (Å²) in [5, 5.41) is 5.53. The van der Waals surface area contributed by atoms with E-state index in [4.69, 9.17) is 5.73 Å². The molecule has 1 aromatic carbocycles. The highest BCUT2D eigenvalue weighted by Gasteiger charge is 2.19. The predicted molar refractivity (Wildman–Crippen MR) is 132 cm³/mol. The first-order valence-corrected chi connectivity index (χ1v) is 12.1. The molecule has 2 aromatic heterocycles. The first kappa shape index (κ1) is 24.5. The SMILES string of the molecule is Cc1sc2nc(CSC(C)C(=O)Nc3ccccc3C(=O)NCCC(N)=O)[nH]c(=O)c2c1C. The Morgan fingerprint density at radius 2 is 1.97 bits per heavy atom. The summed E-state index contributed by atoms with van der Waals surface area (Å²) in [5.74, 6) is -0.354. The molecule has 0 bridgehead atoms. The number of thioether (sulfide) groups is 1. The molecule has 5 N–H and O–H groups in total. The third-order valence-corrected chi connectivity index (χ3v) is 7.27. The van der Waals surface area contributed by atoms with Crippen LogP contribution in [0.25, 0.3) is 10.2 Å². The van der Waals surface area contributed by atoms with E-state index >= 15 is 0 Å². The van der Waals surface area contributed by atoms with Crippen molar-refractivity contribution in [1.82, 2.24) is 15.3 Å². The van der Waals surface area contributed by atoms with Gasteiger partial charge in [0.1, 0.15) is 10.7 Å². The molecule has 0 aliphatic heterocycles. The van der Waals surface area contributed by atoms with Crippen molar-refractivity contribution in [2.24, 2.45) is 5.73 Å². The van der Waals surface area contributed by atoms with E-state index in [0.29, 0.717) is 27.5 Å². The second-order valence-electron chi connectivity index (χ2n) is 7.44. The average Bonchev–Trinajstić information content (AvgIpc) is 3.05. The second-order valence-corrected chi connectivity index (χ2v) is 9.97. The number of carbonyl (C=O) groups is 3. The van der Waals surface area contributed by atoms with E-state index < -0.39 is 17.1 Å². The first-order chi connectivity index (χ1) is 15.7. The molecule has 0 saturated carbocycles. The number of benzene rings is 1. The summed E-state index contributed by atoms with van der Waals surface area (Å²) in [6.07, 6.45) is 0.0282. The van der Waals surface area contributed by atoms with Gasteiger partial charge in [-0.15, -0.1) is 23.1 Å². The number of nitrogens with two attached hydrogens (primary N) is 1. The van der Waals surface area contributed by atoms with Gasteiger partial charge in [0.05, 0.1) is 27.6 Å². The van der Waals surface area contributed by atoms with E-state index in [2.05, 4.69) is 20.6 Å². The van der Waals surface area contributed by atoms with E-state index in [1.54, 1.807) is 31.2 Å². The molecule has 0 radical (unpaired) electrons. The van der Waals surface area contributed by atoms with Gasteiger partial charge in [-0.1, -0.05) is 12.1 Å². The molecule has 0 aliphatic rings. The Hall–Kier alpha value is -3.18. The van der Waals surface area contributed by atoms with Gasteiger partial charge < -0.3 is 21.4 Å². The standard InChI is InChI=1S/C22H25N5O4S2/c1-11-12(2)33-22-18(11)21(31)26-17(27-22)10-32-13(3)19(29)25-15-7-5-4-6-14(15)20(30)24-9-8-16(23)28/h4-7,13H,8-10H2,1-3H3,(H2,23,28)(H,24,30)(H,25,29)(H,26,27,31). The van der Waals surface area contributed by atoms with Gasteiger partial charge in [-0.2, -0.15) is 0 Å². The van der Waals surface area contributed by atoms with Gasteiger partial charge in [0.25, 0.3) is 11.5 Å². The van der Waals surface area contributed by atoms with Gasteiger partial charge in [0.2, 0.25) is 11.8 Å². The van der Waals surface area contributed by atoms with E-state index in [1.165, 1.54) is 23.1 Å². The van der Waals surface area contributed by atoms with Crippen LogP contribution in [0.5, 0.6) is 0 Å². The highest BCUT2D eigenvalue weighted by Crippen LogP contribution is 2.27. The minimum Gasteiger partial charge on any atom is -0.370 e. The highest BCUT2D eigenvalue weighted by atomic mass is 32.2. The summed E-state index contributed by atoms with van der Waals surface area (Å²) in [5.41, 5.74) is 6.50. The Bertz CT molecular complexity index is 1270. The summed E-state index contributed by atoms with van der Waals surface area (Å²) in [6, 6.07) is 6.61. The van der Waals surface area contributed by atoms with E-state index in [-0.39, 0.29) is 30.0 Å². The minimum atomic E-state index is -0.512. The molecule has 0 fully saturated rings. The summed E-state index contributed by atoms with van der Waals surface area (Å²) < 4.78 is 0. The van der Waals surface area contributed by atoms with E-state index in [1.807, 2.05) is 13.8 Å². The fraction of sp³-hybridized carbons (Fsp3) is 0.318. The molecule has 1 unspecified atom stereocenters. The number of amides is 3. The smallest absolute Gasteiger partial charge is 0.259 e. The number of aromatic amines is 1. The van der Waals surface area contributed by atoms with Crippen LogP contribution < -0.4 is 21.9 Å². The summed E-state index contributed by atoms with van der Waals surface area (Å²) in [4.78, 5) is 57.5. The zero-order valence-corrected chi connectivity index (χ0v) is 20.1. The van der Waals surface area contributed by atoms with Crippen molar-refractivity contribution in [3.05, 3.63) is 56.4 Å². The summed E-state index contributed by atoms with van der Waals surface area (Å²) in [7, 11) is 0. The van der Waals surface area contributed by atoms with Gasteiger partial charge >= 0.3 is 0 Å². The monoisotopic (exact) mass is 487 g/mol. The van der Waals surface area contributed by atoms with Crippen LogP contribution in [0.2, 0.25) is 0 Å². The highest BCUT2D eigenvalue weighted by molar-refractivity contribution is 7.99. The molecule has 174 valence electrons. The van der Waals surface area contributed by atoms with Crippen LogP contribution in [0.3, 0.4) is 0 Å². The first-order valence-electron chi connectivity index (χ1n) is 10.2. The van der Waals surface area contributed by atoms with Crippen molar-refractivity contribution < 1.29 is 14.4 Å². The number of para-hydroxylation sites is 1. The number of hydrogen-bond donors (Lipinski definition) is 4. The molecule has 1 atom stereocenters. The van der Waals surface area contributed by atoms with Gasteiger partial charge in [-0.3, -0.25) is 19.2 Å². The lowest BCUT2D eigenvalue weighted by Gasteiger charge is -2.14. The second kappa shape index (κ2) is 10.6. The average molecular weight is 488 g/mol. The van der Waals surface area contributed by atoms with Crippen molar-refractivity contribution >= 4 is 56.7 Å². The molecule has 3 aromatic rings. The number of nitrogens with zero attached hydrogens (tertiary/aromatic N) is 1. The van der Waals surface area contributed by atoms with Gasteiger partial charge in [-0.05, 0) is 38.5 Å². The maximum atomic E-state index is 12.7. The van der Waals surface area contributed by atoms with E-state index in [9.17, 15) is 19.2 Å². The lowest BCUT2D eigenvalue weighted by Crippen LogP contribution is -2.29. The molecule has 9 nitrogen and oxygen atoms in total. The molecular weight excluding hydrogens is 462 g/mol. The summed E-state index contributed by atoms with van der Waals surface area (Å²) in [6.45, 7) is 5.72. The van der Waals surface area contributed by atoms with Crippen molar-refractivity contribution in [1.29, 1.82) is 0 Å². The van der Waals surface area contributed by atoms with Crippen molar-refractivity contribution in [2.75, 3.05) is 11.9 Å². The van der Waals surface area contributed by atoms with Gasteiger partial charge in [0.15, 0.2) is 0 Å². The van der Waals surface area contributed by atoms with Crippen LogP contribution >= 0.6 is 23.1 Å². The molecule has 2 heterocycles. The van der Waals surface area contributed by atoms with Gasteiger partial charge in [-0.25, -0.2) is 4.98 Å². The maximum absolute atomic E-state index is 12.7. The Labute approximate surface area is 198 Å².